The van der Waals surface area contributed by atoms with Gasteiger partial charge in [-0.2, -0.15) is 0 Å². The van der Waals surface area contributed by atoms with Gasteiger partial charge in [-0.15, -0.1) is 0 Å². The molecule has 0 spiro atoms. The summed E-state index contributed by atoms with van der Waals surface area (Å²) in [4.78, 5) is 13.2. The van der Waals surface area contributed by atoms with Gasteiger partial charge in [-0.3, -0.25) is 4.79 Å². The summed E-state index contributed by atoms with van der Waals surface area (Å²) in [5, 5.41) is 10.9. The quantitative estimate of drug-likeness (QED) is 0.492. The number of hydrogen-bond acceptors (Lipinski definition) is 4. The highest BCUT2D eigenvalue weighted by molar-refractivity contribution is 6.26. The summed E-state index contributed by atoms with van der Waals surface area (Å²) in [5.41, 5.74) is 1.93. The van der Waals surface area contributed by atoms with Gasteiger partial charge in [0.15, 0.2) is 5.78 Å². The number of aliphatic hydroxyl groups is 1. The Morgan fingerprint density at radius 3 is 2.03 bits per heavy atom. The molecule has 0 aliphatic carbocycles. The Morgan fingerprint density at radius 2 is 1.38 bits per heavy atom. The Balaban J connectivity index is 1.71. The highest BCUT2D eigenvalue weighted by atomic mass is 16.5. The van der Waals surface area contributed by atoms with E-state index in [1.807, 2.05) is 79.7 Å². The highest BCUT2D eigenvalue weighted by Crippen LogP contribution is 2.41. The van der Waals surface area contributed by atoms with Crippen LogP contribution in [0.4, 0.5) is 0 Å². The van der Waals surface area contributed by atoms with E-state index in [0.717, 1.165) is 33.8 Å². The lowest BCUT2D eigenvalue weighted by molar-refractivity contribution is -0.158. The van der Waals surface area contributed by atoms with Crippen molar-refractivity contribution in [3.8, 4) is 22.6 Å². The number of ketones is 1. The number of para-hydroxylation sites is 1. The fourth-order valence-electron chi connectivity index (χ4n) is 4.10. The number of rotatable bonds is 4. The third kappa shape index (κ3) is 4.06. The van der Waals surface area contributed by atoms with E-state index in [1.165, 1.54) is 0 Å². The van der Waals surface area contributed by atoms with Crippen molar-refractivity contribution in [3.05, 3.63) is 89.7 Å². The normalized spacial score (nSPS) is 17.3. The molecule has 0 fully saturated rings. The van der Waals surface area contributed by atoms with E-state index in [4.69, 9.17) is 9.47 Å². The van der Waals surface area contributed by atoms with Crippen LogP contribution in [-0.4, -0.2) is 22.1 Å². The zero-order chi connectivity index (χ0) is 23.1. The molecule has 1 aliphatic heterocycles. The Kier molecular flexibility index (Phi) is 5.43. The molecule has 164 valence electrons. The Labute approximate surface area is 189 Å². The molecule has 4 rings (SSSR count). The van der Waals surface area contributed by atoms with Crippen LogP contribution in [0.15, 0.2) is 78.6 Å². The number of benzene rings is 3. The van der Waals surface area contributed by atoms with Gasteiger partial charge < -0.3 is 14.6 Å². The van der Waals surface area contributed by atoms with Crippen LogP contribution in [0.1, 0.15) is 38.8 Å². The van der Waals surface area contributed by atoms with Gasteiger partial charge in [0.25, 0.3) is 0 Å². The maximum absolute atomic E-state index is 13.2. The summed E-state index contributed by atoms with van der Waals surface area (Å²) in [6.07, 6.45) is 0. The number of aliphatic hydroxyl groups excluding tert-OH is 1. The number of aryl methyl sites for hydroxylation is 1. The molecule has 0 radical (unpaired) electrons. The highest BCUT2D eigenvalue weighted by Gasteiger charge is 2.47. The lowest BCUT2D eigenvalue weighted by Gasteiger charge is -2.40. The van der Waals surface area contributed by atoms with E-state index in [9.17, 15) is 9.90 Å². The minimum absolute atomic E-state index is 0.0336. The SMILES string of the molecule is Cc1ccc(-c2ccc(Oc3ccccc3)cc2)cc1C1=C(O)C(C)(C)OC(C)(C)C1=O. The van der Waals surface area contributed by atoms with Crippen LogP contribution in [0.5, 0.6) is 11.5 Å². The number of Topliss-reactive ketones (excluding diaryl/α,β-unsaturated/α-hetero) is 1. The van der Waals surface area contributed by atoms with Gasteiger partial charge >= 0.3 is 0 Å². The third-order valence-electron chi connectivity index (χ3n) is 5.76. The lowest BCUT2D eigenvalue weighted by Crippen LogP contribution is -2.49. The van der Waals surface area contributed by atoms with Crippen molar-refractivity contribution in [1.29, 1.82) is 0 Å². The average molecular weight is 429 g/mol. The molecule has 3 aromatic carbocycles. The molecule has 3 aromatic rings. The maximum atomic E-state index is 13.2. The predicted octanol–water partition coefficient (Wildman–Crippen LogP) is 6.88. The van der Waals surface area contributed by atoms with Crippen molar-refractivity contribution in [2.75, 3.05) is 0 Å². The van der Waals surface area contributed by atoms with Gasteiger partial charge in [0.1, 0.15) is 28.5 Å². The molecular formula is C28H28O4. The van der Waals surface area contributed by atoms with Crippen LogP contribution >= 0.6 is 0 Å². The number of ether oxygens (including phenoxy) is 2. The van der Waals surface area contributed by atoms with Crippen LogP contribution in [0, 0.1) is 6.92 Å². The molecule has 4 heteroatoms. The van der Waals surface area contributed by atoms with Crippen LogP contribution in [0.2, 0.25) is 0 Å². The average Bonchev–Trinajstić information content (AvgIpc) is 2.75. The van der Waals surface area contributed by atoms with Crippen LogP contribution in [0.3, 0.4) is 0 Å². The fraction of sp³-hybridized carbons (Fsp3) is 0.250. The van der Waals surface area contributed by atoms with Gasteiger partial charge in [-0.25, -0.2) is 0 Å². The standard InChI is InChI=1S/C28H28O4/c1-18-11-12-20(19-13-15-22(16-14-19)31-21-9-7-6-8-10-21)17-23(18)24-25(29)27(2,3)32-28(4,5)26(24)30/h6-17,29H,1-5H3. The molecule has 0 saturated heterocycles. The lowest BCUT2D eigenvalue weighted by atomic mass is 9.81. The third-order valence-corrected chi connectivity index (χ3v) is 5.76. The Morgan fingerprint density at radius 1 is 0.781 bits per heavy atom. The van der Waals surface area contributed by atoms with Gasteiger partial charge in [-0.1, -0.05) is 42.5 Å². The van der Waals surface area contributed by atoms with Crippen molar-refractivity contribution in [2.24, 2.45) is 0 Å². The summed E-state index contributed by atoms with van der Waals surface area (Å²) in [6.45, 7) is 8.99. The topological polar surface area (TPSA) is 55.8 Å². The summed E-state index contributed by atoms with van der Waals surface area (Å²) in [7, 11) is 0. The minimum Gasteiger partial charge on any atom is -0.508 e. The van der Waals surface area contributed by atoms with Crippen LogP contribution in [-0.2, 0) is 9.53 Å². The number of hydrogen-bond donors (Lipinski definition) is 1. The molecule has 32 heavy (non-hydrogen) atoms. The molecule has 0 bridgehead atoms. The Hall–Kier alpha value is -3.37. The van der Waals surface area contributed by atoms with Gasteiger partial charge in [-0.05, 0) is 87.2 Å². The maximum Gasteiger partial charge on any atom is 0.198 e. The van der Waals surface area contributed by atoms with Crippen molar-refractivity contribution in [2.45, 2.75) is 45.8 Å². The molecule has 1 heterocycles. The van der Waals surface area contributed by atoms with Gasteiger partial charge in [0.2, 0.25) is 0 Å². The first-order valence-corrected chi connectivity index (χ1v) is 10.7. The molecule has 4 nitrogen and oxygen atoms in total. The molecular weight excluding hydrogens is 400 g/mol. The van der Waals surface area contributed by atoms with E-state index in [2.05, 4.69) is 0 Å². The minimum atomic E-state index is -1.02. The summed E-state index contributed by atoms with van der Waals surface area (Å²) in [5.74, 6) is 1.27. The first kappa shape index (κ1) is 21.8. The molecule has 0 atom stereocenters. The number of carbonyl (C=O) groups is 1. The van der Waals surface area contributed by atoms with E-state index >= 15 is 0 Å². The predicted molar refractivity (Wildman–Crippen MR) is 127 cm³/mol. The zero-order valence-electron chi connectivity index (χ0n) is 19.1. The van der Waals surface area contributed by atoms with Crippen LogP contribution in [0.25, 0.3) is 16.7 Å². The summed E-state index contributed by atoms with van der Waals surface area (Å²) >= 11 is 0. The second-order valence-electron chi connectivity index (χ2n) is 9.14. The molecule has 0 unspecified atom stereocenters. The second-order valence-corrected chi connectivity index (χ2v) is 9.14. The van der Waals surface area contributed by atoms with Gasteiger partial charge in [0.05, 0.1) is 5.57 Å². The molecule has 1 N–H and O–H groups in total. The summed E-state index contributed by atoms with van der Waals surface area (Å²) in [6, 6.07) is 23.4. The largest absolute Gasteiger partial charge is 0.508 e. The van der Waals surface area contributed by atoms with Crippen LogP contribution < -0.4 is 4.74 Å². The second kappa shape index (κ2) is 7.95. The first-order chi connectivity index (χ1) is 15.1. The van der Waals surface area contributed by atoms with E-state index in [1.54, 1.807) is 27.7 Å². The van der Waals surface area contributed by atoms with Crippen molar-refractivity contribution in [1.82, 2.24) is 0 Å². The van der Waals surface area contributed by atoms with Crippen molar-refractivity contribution in [3.63, 3.8) is 0 Å². The van der Waals surface area contributed by atoms with E-state index < -0.39 is 11.2 Å². The fourth-order valence-corrected chi connectivity index (χ4v) is 4.10. The zero-order valence-corrected chi connectivity index (χ0v) is 19.1. The molecule has 0 aromatic heterocycles. The number of carbonyl (C=O) groups excluding carboxylic acids is 1. The smallest absolute Gasteiger partial charge is 0.198 e. The monoisotopic (exact) mass is 428 g/mol. The Bertz CT molecular complexity index is 1190. The van der Waals surface area contributed by atoms with E-state index in [0.29, 0.717) is 5.57 Å². The van der Waals surface area contributed by atoms with E-state index in [-0.39, 0.29) is 11.5 Å². The molecule has 0 saturated carbocycles. The van der Waals surface area contributed by atoms with Crippen molar-refractivity contribution >= 4 is 11.4 Å². The molecule has 0 amide bonds. The summed E-state index contributed by atoms with van der Waals surface area (Å²) < 4.78 is 11.8. The first-order valence-electron chi connectivity index (χ1n) is 10.7. The molecule has 1 aliphatic rings. The van der Waals surface area contributed by atoms with Crippen molar-refractivity contribution < 1.29 is 19.4 Å². The van der Waals surface area contributed by atoms with Gasteiger partial charge in [0, 0.05) is 0 Å².